The van der Waals surface area contributed by atoms with E-state index in [9.17, 15) is 4.79 Å². The lowest BCUT2D eigenvalue weighted by Gasteiger charge is -2.11. The summed E-state index contributed by atoms with van der Waals surface area (Å²) in [5, 5.41) is 4.48. The van der Waals surface area contributed by atoms with Crippen LogP contribution in [0, 0.1) is 0 Å². The van der Waals surface area contributed by atoms with Gasteiger partial charge in [0.15, 0.2) is 11.5 Å². The number of aromatic nitrogens is 2. The molecular formula is C21H19BrN2O4. The first kappa shape index (κ1) is 18.6. The van der Waals surface area contributed by atoms with Crippen LogP contribution in [-0.4, -0.2) is 29.6 Å². The molecule has 144 valence electrons. The van der Waals surface area contributed by atoms with Crippen LogP contribution in [0.4, 0.5) is 0 Å². The molecule has 4 rings (SSSR count). The monoisotopic (exact) mass is 442 g/mol. The Kier molecular flexibility index (Phi) is 5.62. The highest BCUT2D eigenvalue weighted by molar-refractivity contribution is 9.10. The van der Waals surface area contributed by atoms with Gasteiger partial charge in [-0.3, -0.25) is 4.79 Å². The van der Waals surface area contributed by atoms with Gasteiger partial charge >= 0.3 is 0 Å². The average molecular weight is 443 g/mol. The summed E-state index contributed by atoms with van der Waals surface area (Å²) in [5.74, 6) is 2.18. The van der Waals surface area contributed by atoms with Crippen molar-refractivity contribution in [2.75, 3.05) is 19.8 Å². The largest absolute Gasteiger partial charge is 0.492 e. The Hall–Kier alpha value is -2.80. The molecule has 0 unspecified atom stereocenters. The summed E-state index contributed by atoms with van der Waals surface area (Å²) in [5.41, 5.74) is 1.39. The maximum Gasteiger partial charge on any atom is 0.266 e. The van der Waals surface area contributed by atoms with Crippen LogP contribution in [0.5, 0.6) is 17.2 Å². The summed E-state index contributed by atoms with van der Waals surface area (Å²) in [7, 11) is 0. The third-order valence-electron chi connectivity index (χ3n) is 4.30. The van der Waals surface area contributed by atoms with Crippen molar-refractivity contribution in [1.29, 1.82) is 0 Å². The van der Waals surface area contributed by atoms with E-state index in [1.54, 1.807) is 6.07 Å². The lowest BCUT2D eigenvalue weighted by Crippen LogP contribution is -2.25. The fourth-order valence-corrected chi connectivity index (χ4v) is 3.13. The number of hydrogen-bond acceptors (Lipinski definition) is 5. The van der Waals surface area contributed by atoms with E-state index in [0.717, 1.165) is 28.0 Å². The average Bonchev–Trinajstić information content (AvgIpc) is 2.96. The fourth-order valence-electron chi connectivity index (χ4n) is 2.87. The molecule has 0 saturated carbocycles. The van der Waals surface area contributed by atoms with Crippen LogP contribution in [0.15, 0.2) is 63.9 Å². The number of benzene rings is 2. The Bertz CT molecular complexity index is 1020. The highest BCUT2D eigenvalue weighted by atomic mass is 79.9. The Morgan fingerprint density at radius 2 is 1.79 bits per heavy atom. The van der Waals surface area contributed by atoms with Crippen LogP contribution in [0.2, 0.25) is 0 Å². The van der Waals surface area contributed by atoms with Crippen molar-refractivity contribution in [3.63, 3.8) is 0 Å². The van der Waals surface area contributed by atoms with Crippen molar-refractivity contribution in [2.45, 2.75) is 13.0 Å². The molecule has 0 fully saturated rings. The molecule has 0 saturated heterocycles. The lowest BCUT2D eigenvalue weighted by atomic mass is 10.1. The first-order valence-electron chi connectivity index (χ1n) is 9.06. The van der Waals surface area contributed by atoms with Gasteiger partial charge in [-0.25, -0.2) is 4.68 Å². The molecule has 28 heavy (non-hydrogen) atoms. The van der Waals surface area contributed by atoms with Gasteiger partial charge in [0, 0.05) is 22.5 Å². The maximum absolute atomic E-state index is 12.2. The fraction of sp³-hybridized carbons (Fsp3) is 0.238. The van der Waals surface area contributed by atoms with Gasteiger partial charge in [0.25, 0.3) is 5.56 Å². The van der Waals surface area contributed by atoms with Crippen molar-refractivity contribution in [3.05, 3.63) is 69.4 Å². The number of halogens is 1. The van der Waals surface area contributed by atoms with E-state index in [4.69, 9.17) is 14.2 Å². The zero-order chi connectivity index (χ0) is 19.3. The zero-order valence-electron chi connectivity index (χ0n) is 15.1. The minimum absolute atomic E-state index is 0.169. The van der Waals surface area contributed by atoms with E-state index in [-0.39, 0.29) is 5.56 Å². The summed E-state index contributed by atoms with van der Waals surface area (Å²) >= 11 is 3.39. The Morgan fingerprint density at radius 3 is 2.61 bits per heavy atom. The second kappa shape index (κ2) is 8.48. The van der Waals surface area contributed by atoms with Gasteiger partial charge in [0.2, 0.25) is 0 Å². The van der Waals surface area contributed by atoms with Crippen molar-refractivity contribution < 1.29 is 14.2 Å². The molecule has 7 heteroatoms. The Labute approximate surface area is 170 Å². The van der Waals surface area contributed by atoms with Gasteiger partial charge in [-0.1, -0.05) is 15.9 Å². The highest BCUT2D eigenvalue weighted by Gasteiger charge is 2.12. The third-order valence-corrected chi connectivity index (χ3v) is 4.82. The summed E-state index contributed by atoms with van der Waals surface area (Å²) < 4.78 is 19.5. The number of rotatable bonds is 5. The van der Waals surface area contributed by atoms with Gasteiger partial charge < -0.3 is 14.2 Å². The molecule has 0 N–H and O–H groups in total. The van der Waals surface area contributed by atoms with E-state index < -0.39 is 0 Å². The number of nitrogens with zero attached hydrogens (tertiary/aromatic N) is 2. The molecule has 2 aromatic carbocycles. The van der Waals surface area contributed by atoms with Crippen molar-refractivity contribution >= 4 is 15.9 Å². The van der Waals surface area contributed by atoms with Gasteiger partial charge in [0.05, 0.1) is 25.5 Å². The molecule has 0 bridgehead atoms. The highest BCUT2D eigenvalue weighted by Crippen LogP contribution is 2.33. The summed E-state index contributed by atoms with van der Waals surface area (Å²) in [6, 6.07) is 16.5. The molecule has 3 aromatic rings. The van der Waals surface area contributed by atoms with Gasteiger partial charge in [0.1, 0.15) is 12.4 Å². The van der Waals surface area contributed by atoms with Gasteiger partial charge in [-0.05, 0) is 48.5 Å². The zero-order valence-corrected chi connectivity index (χ0v) is 16.7. The van der Waals surface area contributed by atoms with Crippen molar-refractivity contribution in [3.8, 4) is 28.5 Å². The van der Waals surface area contributed by atoms with E-state index >= 15 is 0 Å². The van der Waals surface area contributed by atoms with Crippen LogP contribution in [0.3, 0.4) is 0 Å². The quantitative estimate of drug-likeness (QED) is 0.599. The van der Waals surface area contributed by atoms with Crippen LogP contribution >= 0.6 is 15.9 Å². The second-order valence-electron chi connectivity index (χ2n) is 6.29. The standard InChI is InChI=1S/C21H19BrN2O4/c22-16-3-5-17(6-4-16)26-13-10-24-21(25)9-7-18(23-24)15-2-8-19-20(14-15)28-12-1-11-27-19/h2-9,14H,1,10-13H2. The maximum atomic E-state index is 12.2. The van der Waals surface area contributed by atoms with Crippen molar-refractivity contribution in [1.82, 2.24) is 9.78 Å². The van der Waals surface area contributed by atoms with Gasteiger partial charge in [-0.15, -0.1) is 0 Å². The minimum Gasteiger partial charge on any atom is -0.492 e. The van der Waals surface area contributed by atoms with Crippen LogP contribution < -0.4 is 19.8 Å². The van der Waals surface area contributed by atoms with Crippen LogP contribution in [-0.2, 0) is 6.54 Å². The normalized spacial score (nSPS) is 13.0. The van der Waals surface area contributed by atoms with Crippen LogP contribution in [0.25, 0.3) is 11.3 Å². The molecule has 1 aromatic heterocycles. The first-order valence-corrected chi connectivity index (χ1v) is 9.85. The molecule has 1 aliphatic heterocycles. The Balaban J connectivity index is 1.50. The summed E-state index contributed by atoms with van der Waals surface area (Å²) in [6.07, 6.45) is 0.853. The predicted molar refractivity (Wildman–Crippen MR) is 109 cm³/mol. The molecule has 0 radical (unpaired) electrons. The van der Waals surface area contributed by atoms with E-state index in [1.165, 1.54) is 10.7 Å². The summed E-state index contributed by atoms with van der Waals surface area (Å²) in [4.78, 5) is 12.2. The van der Waals surface area contributed by atoms with Gasteiger partial charge in [-0.2, -0.15) is 5.10 Å². The predicted octanol–water partition coefficient (Wildman–Crippen LogP) is 3.91. The molecular weight excluding hydrogens is 424 g/mol. The molecule has 6 nitrogen and oxygen atoms in total. The first-order chi connectivity index (χ1) is 13.7. The molecule has 0 spiro atoms. The van der Waals surface area contributed by atoms with Crippen LogP contribution in [0.1, 0.15) is 6.42 Å². The summed E-state index contributed by atoms with van der Waals surface area (Å²) in [6.45, 7) is 1.97. The number of ether oxygens (including phenoxy) is 3. The smallest absolute Gasteiger partial charge is 0.266 e. The van der Waals surface area contributed by atoms with E-state index in [0.29, 0.717) is 37.8 Å². The number of fused-ring (bicyclic) bond motifs is 1. The SMILES string of the molecule is O=c1ccc(-c2ccc3c(c2)OCCCO3)nn1CCOc1ccc(Br)cc1. The molecule has 0 atom stereocenters. The topological polar surface area (TPSA) is 62.6 Å². The molecule has 1 aliphatic rings. The lowest BCUT2D eigenvalue weighted by molar-refractivity contribution is 0.288. The molecule has 0 aliphatic carbocycles. The number of hydrogen-bond donors (Lipinski definition) is 0. The second-order valence-corrected chi connectivity index (χ2v) is 7.21. The van der Waals surface area contributed by atoms with Crippen molar-refractivity contribution in [2.24, 2.45) is 0 Å². The van der Waals surface area contributed by atoms with E-state index in [2.05, 4.69) is 21.0 Å². The molecule has 0 amide bonds. The molecule has 2 heterocycles. The Morgan fingerprint density at radius 1 is 1.00 bits per heavy atom. The third kappa shape index (κ3) is 4.36. The minimum atomic E-state index is -0.169. The van der Waals surface area contributed by atoms with E-state index in [1.807, 2.05) is 42.5 Å².